The van der Waals surface area contributed by atoms with Crippen LogP contribution in [0.5, 0.6) is 0 Å². The SMILES string of the molecule is [C-]#[N+]c1cnc(CC(C)C)cc1Cl. The van der Waals surface area contributed by atoms with Crippen molar-refractivity contribution in [2.75, 3.05) is 0 Å². The minimum Gasteiger partial charge on any atom is -0.273 e. The molecule has 0 bridgehead atoms. The van der Waals surface area contributed by atoms with E-state index in [0.717, 1.165) is 12.1 Å². The van der Waals surface area contributed by atoms with Gasteiger partial charge in [-0.3, -0.25) is 4.98 Å². The fraction of sp³-hybridized carbons (Fsp3) is 0.400. The van der Waals surface area contributed by atoms with Crippen molar-refractivity contribution in [2.24, 2.45) is 5.92 Å². The zero-order chi connectivity index (χ0) is 9.84. The third-order valence-corrected chi connectivity index (χ3v) is 1.93. The lowest BCUT2D eigenvalue weighted by molar-refractivity contribution is 0.635. The molecule has 3 heteroatoms. The Morgan fingerprint density at radius 1 is 1.62 bits per heavy atom. The van der Waals surface area contributed by atoms with Gasteiger partial charge in [0.2, 0.25) is 5.69 Å². The maximum absolute atomic E-state index is 6.80. The molecule has 0 atom stereocenters. The van der Waals surface area contributed by atoms with Crippen LogP contribution in [0.25, 0.3) is 4.85 Å². The van der Waals surface area contributed by atoms with Crippen LogP contribution in [-0.4, -0.2) is 4.98 Å². The second kappa shape index (κ2) is 4.25. The first-order chi connectivity index (χ1) is 6.13. The van der Waals surface area contributed by atoms with Crippen molar-refractivity contribution in [3.05, 3.63) is 34.4 Å². The van der Waals surface area contributed by atoms with Gasteiger partial charge in [0, 0.05) is 11.9 Å². The lowest BCUT2D eigenvalue weighted by Gasteiger charge is -2.04. The van der Waals surface area contributed by atoms with Crippen LogP contribution < -0.4 is 0 Å². The van der Waals surface area contributed by atoms with E-state index in [1.165, 1.54) is 6.20 Å². The minimum absolute atomic E-state index is 0.425. The van der Waals surface area contributed by atoms with Crippen LogP contribution in [0.2, 0.25) is 5.02 Å². The average Bonchev–Trinajstić information content (AvgIpc) is 2.03. The lowest BCUT2D eigenvalue weighted by Crippen LogP contribution is -1.96. The van der Waals surface area contributed by atoms with Crippen molar-refractivity contribution in [2.45, 2.75) is 20.3 Å². The predicted octanol–water partition coefficient (Wildman–Crippen LogP) is 3.48. The van der Waals surface area contributed by atoms with E-state index in [1.807, 2.05) is 0 Å². The van der Waals surface area contributed by atoms with E-state index < -0.39 is 0 Å². The van der Waals surface area contributed by atoms with Crippen LogP contribution in [0.4, 0.5) is 5.69 Å². The molecule has 0 unspecified atom stereocenters. The predicted molar refractivity (Wildman–Crippen MR) is 54.1 cm³/mol. The van der Waals surface area contributed by atoms with E-state index in [4.69, 9.17) is 18.2 Å². The molecular weight excluding hydrogens is 184 g/mol. The Kier molecular flexibility index (Phi) is 3.27. The molecule has 0 radical (unpaired) electrons. The van der Waals surface area contributed by atoms with E-state index in [-0.39, 0.29) is 0 Å². The van der Waals surface area contributed by atoms with Gasteiger partial charge in [0.25, 0.3) is 0 Å². The minimum atomic E-state index is 0.425. The third kappa shape index (κ3) is 2.71. The largest absolute Gasteiger partial charge is 0.273 e. The summed E-state index contributed by atoms with van der Waals surface area (Å²) in [5, 5.41) is 0.501. The van der Waals surface area contributed by atoms with Crippen LogP contribution in [0.1, 0.15) is 19.5 Å². The Labute approximate surface area is 83.4 Å². The highest BCUT2D eigenvalue weighted by molar-refractivity contribution is 6.33. The van der Waals surface area contributed by atoms with Gasteiger partial charge in [-0.1, -0.05) is 25.4 Å². The highest BCUT2D eigenvalue weighted by Gasteiger charge is 2.03. The number of halogens is 1. The molecule has 1 aromatic rings. The zero-order valence-corrected chi connectivity index (χ0v) is 8.47. The lowest BCUT2D eigenvalue weighted by atomic mass is 10.1. The molecule has 0 aliphatic rings. The first-order valence-electron chi connectivity index (χ1n) is 4.15. The topological polar surface area (TPSA) is 17.2 Å². The summed E-state index contributed by atoms with van der Waals surface area (Å²) in [6, 6.07) is 1.77. The van der Waals surface area contributed by atoms with Gasteiger partial charge in [-0.2, -0.15) is 0 Å². The molecule has 0 aromatic carbocycles. The average molecular weight is 195 g/mol. The molecule has 1 heterocycles. The highest BCUT2D eigenvalue weighted by atomic mass is 35.5. The van der Waals surface area contributed by atoms with E-state index >= 15 is 0 Å². The molecule has 2 nitrogen and oxygen atoms in total. The summed E-state index contributed by atoms with van der Waals surface area (Å²) in [6.07, 6.45) is 2.44. The summed E-state index contributed by atoms with van der Waals surface area (Å²) in [4.78, 5) is 7.40. The number of hydrogen-bond donors (Lipinski definition) is 0. The van der Waals surface area contributed by atoms with E-state index in [1.54, 1.807) is 6.07 Å². The summed E-state index contributed by atoms with van der Waals surface area (Å²) in [6.45, 7) is 11.0. The summed E-state index contributed by atoms with van der Waals surface area (Å²) in [7, 11) is 0. The number of aromatic nitrogens is 1. The van der Waals surface area contributed by atoms with Gasteiger partial charge in [0.05, 0.1) is 11.6 Å². The highest BCUT2D eigenvalue weighted by Crippen LogP contribution is 2.24. The molecule has 0 aliphatic carbocycles. The van der Waals surface area contributed by atoms with Crippen molar-refractivity contribution < 1.29 is 0 Å². The van der Waals surface area contributed by atoms with Crippen LogP contribution in [-0.2, 0) is 6.42 Å². The van der Waals surface area contributed by atoms with Crippen molar-refractivity contribution in [1.82, 2.24) is 4.98 Å². The molecule has 0 saturated carbocycles. The Bertz CT molecular complexity index is 339. The zero-order valence-electron chi connectivity index (χ0n) is 7.71. The Morgan fingerprint density at radius 3 is 2.77 bits per heavy atom. The summed E-state index contributed by atoms with van der Waals surface area (Å²) in [5.74, 6) is 0.558. The second-order valence-electron chi connectivity index (χ2n) is 3.34. The van der Waals surface area contributed by atoms with Crippen LogP contribution >= 0.6 is 11.6 Å². The van der Waals surface area contributed by atoms with Crippen LogP contribution in [0.3, 0.4) is 0 Å². The van der Waals surface area contributed by atoms with E-state index in [2.05, 4.69) is 23.7 Å². The van der Waals surface area contributed by atoms with Crippen molar-refractivity contribution >= 4 is 17.3 Å². The maximum atomic E-state index is 6.80. The summed E-state index contributed by atoms with van der Waals surface area (Å²) in [5.41, 5.74) is 1.38. The number of hydrogen-bond acceptors (Lipinski definition) is 1. The molecule has 0 saturated heterocycles. The quantitative estimate of drug-likeness (QED) is 0.659. The van der Waals surface area contributed by atoms with Gasteiger partial charge in [0.1, 0.15) is 0 Å². The van der Waals surface area contributed by atoms with Crippen molar-refractivity contribution in [3.63, 3.8) is 0 Å². The number of rotatable bonds is 2. The molecule has 0 N–H and O–H groups in total. The molecule has 0 amide bonds. The van der Waals surface area contributed by atoms with Crippen molar-refractivity contribution in [1.29, 1.82) is 0 Å². The molecule has 1 rings (SSSR count). The molecule has 68 valence electrons. The molecule has 0 fully saturated rings. The Balaban J connectivity index is 2.91. The third-order valence-electron chi connectivity index (χ3n) is 1.63. The molecule has 13 heavy (non-hydrogen) atoms. The van der Waals surface area contributed by atoms with Gasteiger partial charge >= 0.3 is 0 Å². The number of pyridine rings is 1. The van der Waals surface area contributed by atoms with E-state index in [9.17, 15) is 0 Å². The second-order valence-corrected chi connectivity index (χ2v) is 3.74. The van der Waals surface area contributed by atoms with Gasteiger partial charge in [0.15, 0.2) is 0 Å². The smallest absolute Gasteiger partial charge is 0.223 e. The molecule has 0 spiro atoms. The maximum Gasteiger partial charge on any atom is 0.223 e. The summed E-state index contributed by atoms with van der Waals surface area (Å²) < 4.78 is 0. The number of nitrogens with zero attached hydrogens (tertiary/aromatic N) is 2. The normalized spacial score (nSPS) is 10.1. The molecule has 0 aliphatic heterocycles. The van der Waals surface area contributed by atoms with Crippen LogP contribution in [0, 0.1) is 12.5 Å². The monoisotopic (exact) mass is 194 g/mol. The Hall–Kier alpha value is -1.07. The molecular formula is C10H11ClN2. The van der Waals surface area contributed by atoms with Gasteiger partial charge in [-0.05, 0) is 18.4 Å². The standard InChI is InChI=1S/C10H11ClN2/c1-7(2)4-8-5-9(11)10(12-3)6-13-8/h5-7H,4H2,1-2H3. The van der Waals surface area contributed by atoms with Crippen molar-refractivity contribution in [3.8, 4) is 0 Å². The van der Waals surface area contributed by atoms with Gasteiger partial charge in [-0.15, -0.1) is 0 Å². The Morgan fingerprint density at radius 2 is 2.31 bits per heavy atom. The van der Waals surface area contributed by atoms with E-state index in [0.29, 0.717) is 16.6 Å². The van der Waals surface area contributed by atoms with Gasteiger partial charge < -0.3 is 0 Å². The fourth-order valence-corrected chi connectivity index (χ4v) is 1.29. The van der Waals surface area contributed by atoms with Crippen LogP contribution in [0.15, 0.2) is 12.3 Å². The van der Waals surface area contributed by atoms with Gasteiger partial charge in [-0.25, -0.2) is 4.85 Å². The first-order valence-corrected chi connectivity index (χ1v) is 4.53. The first kappa shape index (κ1) is 10.0. The summed E-state index contributed by atoms with van der Waals surface area (Å²) >= 11 is 5.86. The fourth-order valence-electron chi connectivity index (χ4n) is 1.08. The molecule has 1 aromatic heterocycles.